The number of hydrogen-bond acceptors (Lipinski definition) is 5. The summed E-state index contributed by atoms with van der Waals surface area (Å²) in [7, 11) is -4.41. The van der Waals surface area contributed by atoms with Gasteiger partial charge in [-0.2, -0.15) is 17.6 Å². The Hall–Kier alpha value is -2.76. The fraction of sp³-hybridized carbons (Fsp3) is 0.391. The van der Waals surface area contributed by atoms with Crippen LogP contribution in [0.3, 0.4) is 0 Å². The highest BCUT2D eigenvalue weighted by Crippen LogP contribution is 2.68. The maximum absolute atomic E-state index is 14.2. The second-order valence-electron chi connectivity index (χ2n) is 8.33. The van der Waals surface area contributed by atoms with Gasteiger partial charge >= 0.3 is 12.1 Å². The largest absolute Gasteiger partial charge is 0.480 e. The molecule has 2 aromatic carbocycles. The molecule has 0 aromatic heterocycles. The number of carboxylic acids is 1. The summed E-state index contributed by atoms with van der Waals surface area (Å²) in [4.78, 5) is 10.7. The van der Waals surface area contributed by atoms with E-state index in [9.17, 15) is 31.5 Å². The Morgan fingerprint density at radius 1 is 1.03 bits per heavy atom. The van der Waals surface area contributed by atoms with E-state index in [1.165, 1.54) is 0 Å². The molecular weight excluding hydrogens is 473 g/mol. The smallest absolute Gasteiger partial charge is 0.417 e. The molecule has 1 saturated carbocycles. The minimum atomic E-state index is -5.10. The number of carbonyl (C=O) groups is 1. The lowest BCUT2D eigenvalue weighted by molar-refractivity contribution is -0.270. The minimum absolute atomic E-state index is 0.410. The third kappa shape index (κ3) is 5.65. The molecule has 3 rings (SSSR count). The van der Waals surface area contributed by atoms with Crippen LogP contribution in [0.1, 0.15) is 35.8 Å². The van der Waals surface area contributed by atoms with E-state index in [1.807, 2.05) is 0 Å². The SMILES string of the molecule is N[C@@H](CC=NS(=O)(=O)CCC(O)(C1[C@@H](c2ccccc2)[C@H]1c1ccccc1)C(F)(F)F)C(=O)O. The van der Waals surface area contributed by atoms with Crippen molar-refractivity contribution in [3.63, 3.8) is 0 Å². The van der Waals surface area contributed by atoms with Crippen molar-refractivity contribution in [3.8, 4) is 0 Å². The van der Waals surface area contributed by atoms with Gasteiger partial charge in [0.05, 0.1) is 5.75 Å². The van der Waals surface area contributed by atoms with Crippen LogP contribution in [-0.4, -0.2) is 54.4 Å². The predicted molar refractivity (Wildman–Crippen MR) is 120 cm³/mol. The molecule has 0 saturated heterocycles. The fourth-order valence-corrected chi connectivity index (χ4v) is 5.28. The fourth-order valence-electron chi connectivity index (χ4n) is 4.29. The summed E-state index contributed by atoms with van der Waals surface area (Å²) in [5.74, 6) is -5.05. The first-order valence-electron chi connectivity index (χ1n) is 10.5. The third-order valence-electron chi connectivity index (χ3n) is 6.08. The van der Waals surface area contributed by atoms with Gasteiger partial charge in [-0.05, 0) is 23.0 Å². The average Bonchev–Trinajstić information content (AvgIpc) is 3.54. The number of hydrogen-bond donors (Lipinski definition) is 3. The number of nitrogens with two attached hydrogens (primary N) is 1. The molecule has 4 N–H and O–H groups in total. The predicted octanol–water partition coefficient (Wildman–Crippen LogP) is 3.07. The highest BCUT2D eigenvalue weighted by molar-refractivity contribution is 7.90. The standard InChI is InChI=1S/C23H25F3N2O5S/c24-23(25,26)22(31,12-14-34(32,33)28-13-11-17(27)21(29)30)20-18(15-7-3-1-4-8-15)19(20)16-9-5-2-6-10-16/h1-10,13,17-20,31H,11-12,14,27H2,(H,29,30)/t17-,18-,19+,20?,22?/m0/s1. The molecule has 2 unspecified atom stereocenters. The second kappa shape index (κ2) is 9.85. The molecule has 0 heterocycles. The number of sulfonamides is 1. The maximum atomic E-state index is 14.2. The van der Waals surface area contributed by atoms with Crippen LogP contribution < -0.4 is 5.73 Å². The molecule has 5 atom stereocenters. The Labute approximate surface area is 195 Å². The van der Waals surface area contributed by atoms with Gasteiger partial charge in [0.2, 0.25) is 0 Å². The minimum Gasteiger partial charge on any atom is -0.480 e. The summed E-state index contributed by atoms with van der Waals surface area (Å²) in [6, 6.07) is 15.6. The number of aliphatic carboxylic acids is 1. The highest BCUT2D eigenvalue weighted by atomic mass is 32.2. The van der Waals surface area contributed by atoms with E-state index in [0.717, 1.165) is 6.21 Å². The van der Waals surface area contributed by atoms with Crippen molar-refractivity contribution >= 4 is 22.2 Å². The molecule has 0 bridgehead atoms. The molecule has 11 heteroatoms. The zero-order valence-electron chi connectivity index (χ0n) is 18.0. The van der Waals surface area contributed by atoms with E-state index in [4.69, 9.17) is 10.8 Å². The topological polar surface area (TPSA) is 130 Å². The Morgan fingerprint density at radius 2 is 1.50 bits per heavy atom. The van der Waals surface area contributed by atoms with E-state index < -0.39 is 70.2 Å². The van der Waals surface area contributed by atoms with Crippen molar-refractivity contribution in [1.82, 2.24) is 0 Å². The Morgan fingerprint density at radius 3 is 1.91 bits per heavy atom. The van der Waals surface area contributed by atoms with Crippen LogP contribution >= 0.6 is 0 Å². The molecule has 1 fully saturated rings. The lowest BCUT2D eigenvalue weighted by atomic mass is 9.89. The van der Waals surface area contributed by atoms with Crippen molar-refractivity contribution < 1.29 is 36.6 Å². The highest BCUT2D eigenvalue weighted by Gasteiger charge is 2.70. The molecule has 7 nitrogen and oxygen atoms in total. The zero-order valence-corrected chi connectivity index (χ0v) is 18.8. The lowest BCUT2D eigenvalue weighted by Gasteiger charge is -2.31. The van der Waals surface area contributed by atoms with Gasteiger partial charge in [0.25, 0.3) is 10.0 Å². The van der Waals surface area contributed by atoms with Crippen LogP contribution in [-0.2, 0) is 14.8 Å². The molecule has 0 aliphatic heterocycles. The van der Waals surface area contributed by atoms with Gasteiger partial charge in [-0.25, -0.2) is 8.42 Å². The number of alkyl halides is 3. The van der Waals surface area contributed by atoms with Gasteiger partial charge < -0.3 is 15.9 Å². The molecule has 1 aliphatic carbocycles. The molecule has 0 radical (unpaired) electrons. The van der Waals surface area contributed by atoms with Crippen LogP contribution in [0.4, 0.5) is 13.2 Å². The van der Waals surface area contributed by atoms with Gasteiger partial charge in [-0.15, -0.1) is 0 Å². The molecule has 0 spiro atoms. The third-order valence-corrected chi connectivity index (χ3v) is 7.27. The first kappa shape index (κ1) is 25.9. The first-order chi connectivity index (χ1) is 15.9. The van der Waals surface area contributed by atoms with Gasteiger partial charge in [-0.1, -0.05) is 60.7 Å². The van der Waals surface area contributed by atoms with Crippen molar-refractivity contribution in [2.45, 2.75) is 42.5 Å². The van der Waals surface area contributed by atoms with Crippen molar-refractivity contribution in [3.05, 3.63) is 71.8 Å². The van der Waals surface area contributed by atoms with Gasteiger partial charge in [-0.3, -0.25) is 4.79 Å². The molecule has 184 valence electrons. The first-order valence-corrected chi connectivity index (χ1v) is 12.1. The van der Waals surface area contributed by atoms with Crippen LogP contribution in [0.15, 0.2) is 65.1 Å². The monoisotopic (exact) mass is 498 g/mol. The van der Waals surface area contributed by atoms with Crippen molar-refractivity contribution in [2.24, 2.45) is 16.0 Å². The summed E-state index contributed by atoms with van der Waals surface area (Å²) in [5.41, 5.74) is 3.21. The van der Waals surface area contributed by atoms with Crippen molar-refractivity contribution in [1.29, 1.82) is 0 Å². The molecule has 0 amide bonds. The van der Waals surface area contributed by atoms with Gasteiger partial charge in [0.1, 0.15) is 6.04 Å². The summed E-state index contributed by atoms with van der Waals surface area (Å²) in [6.45, 7) is 0. The zero-order chi connectivity index (χ0) is 25.1. The summed E-state index contributed by atoms with van der Waals surface area (Å²) < 4.78 is 70.4. The second-order valence-corrected chi connectivity index (χ2v) is 10.1. The Bertz CT molecular complexity index is 1080. The lowest BCUT2D eigenvalue weighted by Crippen LogP contribution is -2.49. The number of carboxylic acid groups (broad SMARTS) is 1. The molecule has 34 heavy (non-hydrogen) atoms. The average molecular weight is 499 g/mol. The summed E-state index contributed by atoms with van der Waals surface area (Å²) >= 11 is 0. The quantitative estimate of drug-likeness (QED) is 0.432. The van der Waals surface area contributed by atoms with Crippen LogP contribution in [0.5, 0.6) is 0 Å². The van der Waals surface area contributed by atoms with Crippen molar-refractivity contribution in [2.75, 3.05) is 5.75 Å². The normalized spacial score (nSPS) is 23.4. The van der Waals surface area contributed by atoms with Crippen LogP contribution in [0.25, 0.3) is 0 Å². The number of aliphatic hydroxyl groups is 1. The molecular formula is C23H25F3N2O5S. The van der Waals surface area contributed by atoms with Gasteiger partial charge in [0, 0.05) is 25.0 Å². The van der Waals surface area contributed by atoms with Gasteiger partial charge in [0.15, 0.2) is 5.60 Å². The molecule has 1 aliphatic rings. The number of benzene rings is 2. The molecule has 2 aromatic rings. The van der Waals surface area contributed by atoms with E-state index in [0.29, 0.717) is 11.1 Å². The number of halogens is 3. The number of nitrogens with zero attached hydrogens (tertiary/aromatic N) is 1. The Balaban J connectivity index is 1.87. The van der Waals surface area contributed by atoms with Crippen LogP contribution in [0, 0.1) is 5.92 Å². The maximum Gasteiger partial charge on any atom is 0.417 e. The van der Waals surface area contributed by atoms with E-state index in [2.05, 4.69) is 4.40 Å². The summed E-state index contributed by atoms with van der Waals surface area (Å²) in [6.07, 6.45) is -5.87. The van der Waals surface area contributed by atoms with E-state index >= 15 is 0 Å². The van der Waals surface area contributed by atoms with E-state index in [-0.39, 0.29) is 0 Å². The van der Waals surface area contributed by atoms with Crippen LogP contribution in [0.2, 0.25) is 0 Å². The van der Waals surface area contributed by atoms with E-state index in [1.54, 1.807) is 60.7 Å². The Kier molecular flexibility index (Phi) is 7.49. The number of rotatable bonds is 10. The summed E-state index contributed by atoms with van der Waals surface area (Å²) in [5, 5.41) is 19.7.